The molecule has 1 fully saturated rings. The van der Waals surface area contributed by atoms with Crippen LogP contribution in [0.4, 0.5) is 0 Å². The summed E-state index contributed by atoms with van der Waals surface area (Å²) in [4.78, 5) is 28.5. The summed E-state index contributed by atoms with van der Waals surface area (Å²) in [7, 11) is 0. The van der Waals surface area contributed by atoms with Crippen LogP contribution >= 0.6 is 0 Å². The van der Waals surface area contributed by atoms with E-state index in [0.717, 1.165) is 67.1 Å². The molecule has 0 aliphatic carbocycles. The number of rotatable bonds is 7. The van der Waals surface area contributed by atoms with Gasteiger partial charge in [-0.2, -0.15) is 0 Å². The molecule has 0 bridgehead atoms. The highest BCUT2D eigenvalue weighted by Gasteiger charge is 2.13. The zero-order chi connectivity index (χ0) is 23.8. The molecule has 0 saturated carbocycles. The molecule has 0 radical (unpaired) electrons. The average molecular weight is 461 g/mol. The van der Waals surface area contributed by atoms with E-state index in [1.165, 1.54) is 12.8 Å². The number of aliphatic hydroxyl groups is 1. The number of ether oxygens (including phenoxy) is 1. The van der Waals surface area contributed by atoms with Crippen molar-refractivity contribution in [2.75, 3.05) is 19.8 Å². The summed E-state index contributed by atoms with van der Waals surface area (Å²) in [6, 6.07) is 13.1. The number of benzene rings is 2. The number of nitrogens with one attached hydrogen (secondary N) is 1. The summed E-state index contributed by atoms with van der Waals surface area (Å²) < 4.78 is 5.58. The second-order valence-electron chi connectivity index (χ2n) is 8.94. The summed E-state index contributed by atoms with van der Waals surface area (Å²) >= 11 is 0. The number of fused-ring (bicyclic) bond motifs is 1. The van der Waals surface area contributed by atoms with Gasteiger partial charge in [0.25, 0.3) is 5.91 Å². The maximum atomic E-state index is 12.6. The van der Waals surface area contributed by atoms with E-state index in [0.29, 0.717) is 29.3 Å². The van der Waals surface area contributed by atoms with Gasteiger partial charge in [0, 0.05) is 37.1 Å². The van der Waals surface area contributed by atoms with Crippen molar-refractivity contribution in [1.29, 1.82) is 0 Å². The number of aldehydes is 1. The minimum Gasteiger partial charge on any atom is -0.392 e. The molecule has 1 unspecified atom stereocenters. The van der Waals surface area contributed by atoms with Crippen LogP contribution in [0.3, 0.4) is 0 Å². The van der Waals surface area contributed by atoms with Gasteiger partial charge in [-0.15, -0.1) is 0 Å². The van der Waals surface area contributed by atoms with Crippen molar-refractivity contribution in [3.8, 4) is 11.1 Å². The second kappa shape index (κ2) is 11.9. The lowest BCUT2D eigenvalue weighted by Gasteiger charge is -2.15. The van der Waals surface area contributed by atoms with E-state index in [1.807, 2.05) is 30.3 Å². The van der Waals surface area contributed by atoms with E-state index in [9.17, 15) is 14.7 Å². The van der Waals surface area contributed by atoms with Gasteiger partial charge in [0.05, 0.1) is 6.61 Å². The van der Waals surface area contributed by atoms with Gasteiger partial charge >= 0.3 is 0 Å². The van der Waals surface area contributed by atoms with Crippen molar-refractivity contribution < 1.29 is 19.4 Å². The fourth-order valence-electron chi connectivity index (χ4n) is 4.68. The zero-order valence-corrected chi connectivity index (χ0v) is 19.5. The third-order valence-corrected chi connectivity index (χ3v) is 6.66. The number of amides is 1. The summed E-state index contributed by atoms with van der Waals surface area (Å²) in [5.74, 6) is 0.488. The van der Waals surface area contributed by atoms with E-state index in [1.54, 1.807) is 18.3 Å². The fraction of sp³-hybridized carbons (Fsp3) is 0.393. The van der Waals surface area contributed by atoms with Gasteiger partial charge in [0.2, 0.25) is 0 Å². The lowest BCUT2D eigenvalue weighted by molar-refractivity contribution is 0.0945. The van der Waals surface area contributed by atoms with Crippen molar-refractivity contribution >= 4 is 23.0 Å². The van der Waals surface area contributed by atoms with Crippen molar-refractivity contribution in [3.05, 3.63) is 65.5 Å². The van der Waals surface area contributed by atoms with Crippen LogP contribution in [0.15, 0.2) is 48.7 Å². The maximum absolute atomic E-state index is 12.6. The van der Waals surface area contributed by atoms with Crippen LogP contribution in [0, 0.1) is 5.92 Å². The smallest absolute Gasteiger partial charge is 0.269 e. The lowest BCUT2D eigenvalue weighted by Crippen LogP contribution is -2.26. The van der Waals surface area contributed by atoms with Gasteiger partial charge in [-0.05, 0) is 65.6 Å². The van der Waals surface area contributed by atoms with E-state index in [2.05, 4.69) is 10.3 Å². The third-order valence-electron chi connectivity index (χ3n) is 6.66. The monoisotopic (exact) mass is 460 g/mol. The van der Waals surface area contributed by atoms with Crippen molar-refractivity contribution in [2.45, 2.75) is 45.1 Å². The molecule has 2 N–H and O–H groups in total. The normalized spacial score (nSPS) is 16.9. The average Bonchev–Trinajstić information content (AvgIpc) is 3.01. The molecule has 1 aromatic heterocycles. The Morgan fingerprint density at radius 3 is 2.68 bits per heavy atom. The van der Waals surface area contributed by atoms with Gasteiger partial charge < -0.3 is 15.2 Å². The van der Waals surface area contributed by atoms with E-state index in [4.69, 9.17) is 4.74 Å². The minimum absolute atomic E-state index is 0.149. The predicted octanol–water partition coefficient (Wildman–Crippen LogP) is 4.92. The predicted molar refractivity (Wildman–Crippen MR) is 133 cm³/mol. The Balaban J connectivity index is 1.38. The highest BCUT2D eigenvalue weighted by Crippen LogP contribution is 2.27. The summed E-state index contributed by atoms with van der Waals surface area (Å²) in [6.07, 6.45) is 9.25. The van der Waals surface area contributed by atoms with E-state index < -0.39 is 0 Å². The van der Waals surface area contributed by atoms with Crippen LogP contribution in [-0.4, -0.2) is 42.0 Å². The first-order valence-electron chi connectivity index (χ1n) is 12.1. The van der Waals surface area contributed by atoms with Crippen LogP contribution in [-0.2, 0) is 11.3 Å². The minimum atomic E-state index is -0.172. The highest BCUT2D eigenvalue weighted by atomic mass is 16.5. The molecule has 1 saturated heterocycles. The van der Waals surface area contributed by atoms with Crippen LogP contribution in [0.25, 0.3) is 21.9 Å². The molecule has 6 nitrogen and oxygen atoms in total. The lowest BCUT2D eigenvalue weighted by atomic mass is 9.94. The number of hydrogen-bond acceptors (Lipinski definition) is 5. The molecule has 1 aliphatic heterocycles. The summed E-state index contributed by atoms with van der Waals surface area (Å²) in [6.45, 7) is 2.20. The largest absolute Gasteiger partial charge is 0.392 e. The maximum Gasteiger partial charge on any atom is 0.269 e. The van der Waals surface area contributed by atoms with E-state index in [-0.39, 0.29) is 12.5 Å². The molecule has 3 aromatic rings. The first-order chi connectivity index (χ1) is 16.7. The Morgan fingerprint density at radius 1 is 1.06 bits per heavy atom. The molecular weight excluding hydrogens is 428 g/mol. The van der Waals surface area contributed by atoms with Crippen LogP contribution < -0.4 is 5.32 Å². The number of carbonyl (C=O) groups excluding carboxylic acids is 2. The number of nitrogens with zero attached hydrogens (tertiary/aromatic N) is 1. The Hall–Kier alpha value is -3.09. The number of hydrogen-bond donors (Lipinski definition) is 2. The van der Waals surface area contributed by atoms with Crippen molar-refractivity contribution in [3.63, 3.8) is 0 Å². The topological polar surface area (TPSA) is 88.5 Å². The Labute approximate surface area is 200 Å². The standard InChI is InChI=1S/C28H32N2O4/c31-18-24-7-6-22-16-21(8-10-25(22)26(24)19-32)23-9-11-27(30-17-23)28(33)29-13-12-20-4-1-2-14-34-15-3-5-20/h6-11,16-17,19-20,31H,1-5,12-15,18H2,(H,29,33). The molecule has 6 heteroatoms. The van der Waals surface area contributed by atoms with Crippen LogP contribution in [0.1, 0.15) is 64.9 Å². The number of aromatic nitrogens is 1. The molecule has 1 amide bonds. The highest BCUT2D eigenvalue weighted by molar-refractivity contribution is 6.01. The molecule has 1 aliphatic rings. The molecule has 0 spiro atoms. The molecule has 2 aromatic carbocycles. The number of aliphatic hydroxyl groups excluding tert-OH is 1. The Bertz CT molecular complexity index is 1120. The molecule has 4 rings (SSSR count). The fourth-order valence-corrected chi connectivity index (χ4v) is 4.68. The van der Waals surface area contributed by atoms with Crippen molar-refractivity contribution in [2.24, 2.45) is 5.92 Å². The first-order valence-corrected chi connectivity index (χ1v) is 12.1. The SMILES string of the molecule is O=Cc1c(CO)ccc2cc(-c3ccc(C(=O)NCCC4CCCCOCCC4)nc3)ccc12. The van der Waals surface area contributed by atoms with Crippen LogP contribution in [0.5, 0.6) is 0 Å². The first kappa shape index (κ1) is 24.0. The van der Waals surface area contributed by atoms with Gasteiger partial charge in [0.1, 0.15) is 5.69 Å². The van der Waals surface area contributed by atoms with Crippen LogP contribution in [0.2, 0.25) is 0 Å². The Kier molecular flexibility index (Phi) is 8.39. The molecule has 34 heavy (non-hydrogen) atoms. The Morgan fingerprint density at radius 2 is 1.88 bits per heavy atom. The summed E-state index contributed by atoms with van der Waals surface area (Å²) in [5, 5.41) is 14.2. The van der Waals surface area contributed by atoms with Gasteiger partial charge in [0.15, 0.2) is 6.29 Å². The van der Waals surface area contributed by atoms with Gasteiger partial charge in [-0.1, -0.05) is 43.2 Å². The molecular formula is C28H32N2O4. The van der Waals surface area contributed by atoms with Gasteiger partial charge in [-0.25, -0.2) is 0 Å². The quantitative estimate of drug-likeness (QED) is 0.489. The number of carbonyl (C=O) groups is 2. The summed E-state index contributed by atoms with van der Waals surface area (Å²) in [5.41, 5.74) is 3.38. The molecule has 178 valence electrons. The zero-order valence-electron chi connectivity index (χ0n) is 19.5. The number of pyridine rings is 1. The van der Waals surface area contributed by atoms with Crippen molar-refractivity contribution in [1.82, 2.24) is 10.3 Å². The second-order valence-corrected chi connectivity index (χ2v) is 8.94. The van der Waals surface area contributed by atoms with Gasteiger partial charge in [-0.3, -0.25) is 14.6 Å². The molecule has 2 heterocycles. The molecule has 1 atom stereocenters. The van der Waals surface area contributed by atoms with E-state index >= 15 is 0 Å². The third kappa shape index (κ3) is 5.88.